The van der Waals surface area contributed by atoms with Crippen LogP contribution in [0, 0.1) is 0 Å². The fourth-order valence-corrected chi connectivity index (χ4v) is 2.54. The first-order valence-electron chi connectivity index (χ1n) is 4.30. The molecule has 1 aliphatic heterocycles. The minimum Gasteiger partial charge on any atom is -0.465 e. The average Bonchev–Trinajstić information content (AvgIpc) is 2.84. The number of nitrogens with zero attached hydrogens (tertiary/aromatic N) is 1. The number of hydrogen-bond acceptors (Lipinski definition) is 4. The Morgan fingerprint density at radius 3 is 3.07 bits per heavy atom. The molecule has 0 bridgehead atoms. The SMILES string of the molecule is COC(=O)c1cc(C2=CCN=C2)c(Cl)s1. The second-order valence-corrected chi connectivity index (χ2v) is 4.60. The number of aliphatic imine (C=N–C) groups is 1. The molecule has 3 nitrogen and oxygen atoms in total. The van der Waals surface area contributed by atoms with E-state index in [1.807, 2.05) is 6.08 Å². The van der Waals surface area contributed by atoms with Gasteiger partial charge >= 0.3 is 5.97 Å². The minimum atomic E-state index is -0.358. The Hall–Kier alpha value is -1.13. The molecule has 0 radical (unpaired) electrons. The number of carbonyl (C=O) groups is 1. The summed E-state index contributed by atoms with van der Waals surface area (Å²) in [7, 11) is 1.35. The van der Waals surface area contributed by atoms with Crippen molar-refractivity contribution in [3.05, 3.63) is 26.9 Å². The predicted molar refractivity (Wildman–Crippen MR) is 62.0 cm³/mol. The van der Waals surface area contributed by atoms with Crippen molar-refractivity contribution >= 4 is 40.7 Å². The standard InChI is InChI=1S/C10H8ClNO2S/c1-14-10(13)8-4-7(9(11)15-8)6-2-3-12-5-6/h2,4-5H,3H2,1H3. The highest BCUT2D eigenvalue weighted by Gasteiger charge is 2.16. The van der Waals surface area contributed by atoms with Crippen LogP contribution in [0.5, 0.6) is 0 Å². The van der Waals surface area contributed by atoms with Gasteiger partial charge < -0.3 is 4.74 Å². The molecule has 0 N–H and O–H groups in total. The van der Waals surface area contributed by atoms with Gasteiger partial charge in [0.2, 0.25) is 0 Å². The molecule has 0 aliphatic carbocycles. The van der Waals surface area contributed by atoms with E-state index in [2.05, 4.69) is 9.73 Å². The number of ether oxygens (including phenoxy) is 1. The normalized spacial score (nSPS) is 14.1. The Bertz CT molecular complexity index is 462. The zero-order chi connectivity index (χ0) is 10.8. The molecule has 0 fully saturated rings. The minimum absolute atomic E-state index is 0.358. The first kappa shape index (κ1) is 10.4. The van der Waals surface area contributed by atoms with Gasteiger partial charge in [-0.05, 0) is 11.6 Å². The van der Waals surface area contributed by atoms with Crippen molar-refractivity contribution in [3.63, 3.8) is 0 Å². The maximum atomic E-state index is 11.3. The van der Waals surface area contributed by atoms with Crippen LogP contribution in [0.15, 0.2) is 17.1 Å². The summed E-state index contributed by atoms with van der Waals surface area (Å²) in [6, 6.07) is 1.74. The lowest BCUT2D eigenvalue weighted by atomic mass is 10.1. The number of carbonyl (C=O) groups excluding carboxylic acids is 1. The number of methoxy groups -OCH3 is 1. The topological polar surface area (TPSA) is 38.7 Å². The van der Waals surface area contributed by atoms with E-state index in [0.717, 1.165) is 11.1 Å². The van der Waals surface area contributed by atoms with Crippen LogP contribution in [-0.2, 0) is 4.74 Å². The molecule has 0 saturated heterocycles. The first-order chi connectivity index (χ1) is 7.22. The molecular formula is C10H8ClNO2S. The summed E-state index contributed by atoms with van der Waals surface area (Å²) in [4.78, 5) is 15.9. The number of rotatable bonds is 2. The van der Waals surface area contributed by atoms with E-state index in [9.17, 15) is 4.79 Å². The molecule has 1 aliphatic rings. The Balaban J connectivity index is 2.37. The number of esters is 1. The summed E-state index contributed by atoms with van der Waals surface area (Å²) >= 11 is 7.26. The summed E-state index contributed by atoms with van der Waals surface area (Å²) in [6.45, 7) is 0.676. The molecule has 0 amide bonds. The maximum absolute atomic E-state index is 11.3. The lowest BCUT2D eigenvalue weighted by Crippen LogP contribution is -1.97. The molecule has 2 rings (SSSR count). The summed E-state index contributed by atoms with van der Waals surface area (Å²) in [5.74, 6) is -0.358. The third-order valence-electron chi connectivity index (χ3n) is 2.03. The van der Waals surface area contributed by atoms with Gasteiger partial charge in [0.1, 0.15) is 9.21 Å². The van der Waals surface area contributed by atoms with E-state index in [0.29, 0.717) is 15.8 Å². The lowest BCUT2D eigenvalue weighted by molar-refractivity contribution is 0.0606. The van der Waals surface area contributed by atoms with E-state index in [1.54, 1.807) is 12.3 Å². The van der Waals surface area contributed by atoms with Crippen LogP contribution in [0.4, 0.5) is 0 Å². The molecule has 1 aromatic rings. The van der Waals surface area contributed by atoms with Gasteiger partial charge in [0.05, 0.1) is 13.7 Å². The Kier molecular flexibility index (Phi) is 2.88. The Morgan fingerprint density at radius 1 is 1.67 bits per heavy atom. The molecule has 78 valence electrons. The average molecular weight is 242 g/mol. The van der Waals surface area contributed by atoms with Gasteiger partial charge in [-0.25, -0.2) is 4.79 Å². The van der Waals surface area contributed by atoms with E-state index >= 15 is 0 Å². The van der Waals surface area contributed by atoms with Gasteiger partial charge in [0.25, 0.3) is 0 Å². The lowest BCUT2D eigenvalue weighted by Gasteiger charge is -1.93. The number of halogens is 1. The predicted octanol–water partition coefficient (Wildman–Crippen LogP) is 2.66. The summed E-state index contributed by atoms with van der Waals surface area (Å²) in [6.07, 6.45) is 3.73. The Morgan fingerprint density at radius 2 is 2.47 bits per heavy atom. The van der Waals surface area contributed by atoms with Crippen molar-refractivity contribution in [2.24, 2.45) is 4.99 Å². The van der Waals surface area contributed by atoms with Gasteiger partial charge in [0.15, 0.2) is 0 Å². The van der Waals surface area contributed by atoms with E-state index in [1.165, 1.54) is 18.4 Å². The molecule has 2 heterocycles. The number of thiophene rings is 1. The highest BCUT2D eigenvalue weighted by Crippen LogP contribution is 2.33. The summed E-state index contributed by atoms with van der Waals surface area (Å²) in [5.41, 5.74) is 1.81. The van der Waals surface area contributed by atoms with Gasteiger partial charge in [-0.2, -0.15) is 0 Å². The molecule has 0 spiro atoms. The van der Waals surface area contributed by atoms with Crippen LogP contribution in [0.25, 0.3) is 5.57 Å². The first-order valence-corrected chi connectivity index (χ1v) is 5.50. The quantitative estimate of drug-likeness (QED) is 0.747. The highest BCUT2D eigenvalue weighted by molar-refractivity contribution is 7.18. The van der Waals surface area contributed by atoms with Gasteiger partial charge in [0, 0.05) is 11.8 Å². The molecule has 1 aromatic heterocycles. The van der Waals surface area contributed by atoms with E-state index in [-0.39, 0.29) is 5.97 Å². The monoisotopic (exact) mass is 241 g/mol. The van der Waals surface area contributed by atoms with Gasteiger partial charge in [-0.3, -0.25) is 4.99 Å². The molecule has 0 unspecified atom stereocenters. The maximum Gasteiger partial charge on any atom is 0.348 e. The molecular weight excluding hydrogens is 234 g/mol. The molecule has 0 atom stereocenters. The molecule has 15 heavy (non-hydrogen) atoms. The van der Waals surface area contributed by atoms with Crippen molar-refractivity contribution < 1.29 is 9.53 Å². The van der Waals surface area contributed by atoms with Crippen LogP contribution in [0.2, 0.25) is 4.34 Å². The molecule has 0 aromatic carbocycles. The number of allylic oxidation sites excluding steroid dienone is 1. The second kappa shape index (κ2) is 4.16. The van der Waals surface area contributed by atoms with Crippen LogP contribution >= 0.6 is 22.9 Å². The summed E-state index contributed by atoms with van der Waals surface area (Å²) < 4.78 is 5.22. The van der Waals surface area contributed by atoms with Crippen LogP contribution in [0.3, 0.4) is 0 Å². The van der Waals surface area contributed by atoms with Crippen molar-refractivity contribution in [1.29, 1.82) is 0 Å². The fourth-order valence-electron chi connectivity index (χ4n) is 1.30. The van der Waals surface area contributed by atoms with Crippen molar-refractivity contribution in [2.45, 2.75) is 0 Å². The van der Waals surface area contributed by atoms with Gasteiger partial charge in [-0.15, -0.1) is 11.3 Å². The van der Waals surface area contributed by atoms with Crippen LogP contribution in [0.1, 0.15) is 15.2 Å². The number of hydrogen-bond donors (Lipinski definition) is 0. The largest absolute Gasteiger partial charge is 0.465 e. The fraction of sp³-hybridized carbons (Fsp3) is 0.200. The molecule has 5 heteroatoms. The smallest absolute Gasteiger partial charge is 0.348 e. The second-order valence-electron chi connectivity index (χ2n) is 2.94. The zero-order valence-electron chi connectivity index (χ0n) is 7.99. The van der Waals surface area contributed by atoms with Crippen molar-refractivity contribution in [2.75, 3.05) is 13.7 Å². The van der Waals surface area contributed by atoms with Crippen molar-refractivity contribution in [3.8, 4) is 0 Å². The third kappa shape index (κ3) is 1.96. The highest BCUT2D eigenvalue weighted by atomic mass is 35.5. The third-order valence-corrected chi connectivity index (χ3v) is 3.37. The zero-order valence-corrected chi connectivity index (χ0v) is 9.56. The van der Waals surface area contributed by atoms with Crippen LogP contribution < -0.4 is 0 Å². The van der Waals surface area contributed by atoms with Gasteiger partial charge in [-0.1, -0.05) is 17.7 Å². The Labute approximate surface area is 96.0 Å². The molecule has 0 saturated carbocycles. The summed E-state index contributed by atoms with van der Waals surface area (Å²) in [5, 5.41) is 0. The van der Waals surface area contributed by atoms with Crippen molar-refractivity contribution in [1.82, 2.24) is 0 Å². The van der Waals surface area contributed by atoms with E-state index in [4.69, 9.17) is 11.6 Å². The van der Waals surface area contributed by atoms with Crippen LogP contribution in [-0.4, -0.2) is 25.8 Å². The van der Waals surface area contributed by atoms with E-state index < -0.39 is 0 Å².